The summed E-state index contributed by atoms with van der Waals surface area (Å²) in [4.78, 5) is 39.0. The Hall–Kier alpha value is -3.62. The fourth-order valence-electron chi connectivity index (χ4n) is 3.45. The summed E-state index contributed by atoms with van der Waals surface area (Å²) in [5.41, 5.74) is 1.61. The van der Waals surface area contributed by atoms with Crippen LogP contribution in [-0.2, 0) is 16.2 Å². The molecule has 4 rings (SSSR count). The molecular formula is C27H22BrClN2O5. The van der Waals surface area contributed by atoms with Crippen LogP contribution in [-0.4, -0.2) is 23.9 Å². The normalized spacial score (nSPS) is 14.9. The van der Waals surface area contributed by atoms with Crippen LogP contribution in [0.4, 0.5) is 10.5 Å². The van der Waals surface area contributed by atoms with E-state index in [9.17, 15) is 14.4 Å². The molecule has 1 aliphatic heterocycles. The highest BCUT2D eigenvalue weighted by Gasteiger charge is 2.36. The summed E-state index contributed by atoms with van der Waals surface area (Å²) in [5, 5.41) is 2.55. The molecule has 9 heteroatoms. The molecule has 1 aliphatic rings. The summed E-state index contributed by atoms with van der Waals surface area (Å²) < 4.78 is 12.4. The van der Waals surface area contributed by atoms with Crippen LogP contribution in [0.5, 0.6) is 11.5 Å². The molecule has 1 N–H and O–H groups in total. The molecule has 0 radical (unpaired) electrons. The zero-order valence-corrected chi connectivity index (χ0v) is 21.8. The highest BCUT2D eigenvalue weighted by molar-refractivity contribution is 9.10. The molecule has 36 heavy (non-hydrogen) atoms. The largest absolute Gasteiger partial charge is 0.489 e. The monoisotopic (exact) mass is 568 g/mol. The lowest BCUT2D eigenvalue weighted by atomic mass is 10.1. The van der Waals surface area contributed by atoms with Gasteiger partial charge in [-0.15, -0.1) is 0 Å². The van der Waals surface area contributed by atoms with Gasteiger partial charge in [-0.1, -0.05) is 45.7 Å². The Kier molecular flexibility index (Phi) is 7.76. The number of carbonyl (C=O) groups excluding carboxylic acids is 3. The van der Waals surface area contributed by atoms with Crippen molar-refractivity contribution in [1.29, 1.82) is 0 Å². The molecule has 0 atom stereocenters. The first-order chi connectivity index (χ1) is 17.2. The van der Waals surface area contributed by atoms with E-state index >= 15 is 0 Å². The predicted octanol–water partition coefficient (Wildman–Crippen LogP) is 6.14. The van der Waals surface area contributed by atoms with Gasteiger partial charge in [0.1, 0.15) is 23.7 Å². The molecule has 3 aromatic carbocycles. The first kappa shape index (κ1) is 25.5. The number of hydrogen-bond donors (Lipinski definition) is 1. The second-order valence-electron chi connectivity index (χ2n) is 8.22. The Bertz CT molecular complexity index is 1340. The van der Waals surface area contributed by atoms with E-state index in [2.05, 4.69) is 21.2 Å². The van der Waals surface area contributed by atoms with Gasteiger partial charge in [-0.3, -0.25) is 14.9 Å². The van der Waals surface area contributed by atoms with Crippen LogP contribution in [0.3, 0.4) is 0 Å². The van der Waals surface area contributed by atoms with Crippen molar-refractivity contribution in [2.45, 2.75) is 26.6 Å². The highest BCUT2D eigenvalue weighted by atomic mass is 79.9. The first-order valence-corrected chi connectivity index (χ1v) is 12.2. The number of hydrogen-bond acceptors (Lipinski definition) is 5. The van der Waals surface area contributed by atoms with Crippen molar-refractivity contribution in [3.8, 4) is 11.5 Å². The maximum Gasteiger partial charge on any atom is 0.335 e. The van der Waals surface area contributed by atoms with Gasteiger partial charge in [0, 0.05) is 4.47 Å². The molecular weight excluding hydrogens is 548 g/mol. The standard InChI is InChI=1S/C27H22BrClN2O5/c1-16(2)36-24-12-5-18(14-23(24)29)13-22-25(32)30-27(34)31(26(22)33)20-8-10-21(11-9-20)35-15-17-3-6-19(28)7-4-17/h3-14,16H,15H2,1-2H3,(H,30,32,34)/b22-13+. The fraction of sp³-hybridized carbons (Fsp3) is 0.148. The van der Waals surface area contributed by atoms with E-state index in [1.807, 2.05) is 38.1 Å². The van der Waals surface area contributed by atoms with E-state index in [-0.39, 0.29) is 11.7 Å². The second-order valence-corrected chi connectivity index (χ2v) is 9.55. The van der Waals surface area contributed by atoms with E-state index in [0.717, 1.165) is 14.9 Å². The minimum atomic E-state index is -0.829. The molecule has 1 saturated heterocycles. The van der Waals surface area contributed by atoms with Gasteiger partial charge >= 0.3 is 6.03 Å². The molecule has 4 amide bonds. The Labute approximate surface area is 221 Å². The topological polar surface area (TPSA) is 84.9 Å². The number of nitrogens with zero attached hydrogens (tertiary/aromatic N) is 1. The number of halogens is 2. The maximum absolute atomic E-state index is 13.2. The minimum absolute atomic E-state index is 0.0606. The number of anilines is 1. The molecule has 7 nitrogen and oxygen atoms in total. The third kappa shape index (κ3) is 5.95. The van der Waals surface area contributed by atoms with E-state index in [1.54, 1.807) is 42.5 Å². The number of barbiturate groups is 1. The minimum Gasteiger partial charge on any atom is -0.489 e. The van der Waals surface area contributed by atoms with Crippen LogP contribution in [0, 0.1) is 0 Å². The lowest BCUT2D eigenvalue weighted by Crippen LogP contribution is -2.54. The van der Waals surface area contributed by atoms with Gasteiger partial charge in [-0.25, -0.2) is 9.69 Å². The lowest BCUT2D eigenvalue weighted by molar-refractivity contribution is -0.122. The third-order valence-electron chi connectivity index (χ3n) is 5.14. The quantitative estimate of drug-likeness (QED) is 0.273. The summed E-state index contributed by atoms with van der Waals surface area (Å²) >= 11 is 9.68. The van der Waals surface area contributed by atoms with Crippen molar-refractivity contribution < 1.29 is 23.9 Å². The van der Waals surface area contributed by atoms with Crippen molar-refractivity contribution in [1.82, 2.24) is 5.32 Å². The van der Waals surface area contributed by atoms with Crippen LogP contribution in [0.2, 0.25) is 5.02 Å². The molecule has 1 fully saturated rings. The van der Waals surface area contributed by atoms with Gasteiger partial charge in [0.05, 0.1) is 16.8 Å². The summed E-state index contributed by atoms with van der Waals surface area (Å²) in [5.74, 6) is -0.468. The van der Waals surface area contributed by atoms with Crippen LogP contribution < -0.4 is 19.7 Å². The summed E-state index contributed by atoms with van der Waals surface area (Å²) in [7, 11) is 0. The van der Waals surface area contributed by atoms with Gasteiger partial charge in [0.25, 0.3) is 11.8 Å². The number of nitrogens with one attached hydrogen (secondary N) is 1. The number of rotatable bonds is 7. The Morgan fingerprint density at radius 2 is 1.69 bits per heavy atom. The maximum atomic E-state index is 13.2. The zero-order chi connectivity index (χ0) is 25.8. The second kappa shape index (κ2) is 11.0. The number of carbonyl (C=O) groups is 3. The molecule has 1 heterocycles. The molecule has 0 aliphatic carbocycles. The smallest absolute Gasteiger partial charge is 0.335 e. The predicted molar refractivity (Wildman–Crippen MR) is 141 cm³/mol. The van der Waals surface area contributed by atoms with Gasteiger partial charge < -0.3 is 9.47 Å². The van der Waals surface area contributed by atoms with Crippen molar-refractivity contribution >= 4 is 57.1 Å². The van der Waals surface area contributed by atoms with Crippen LogP contribution in [0.15, 0.2) is 76.8 Å². The molecule has 184 valence electrons. The third-order valence-corrected chi connectivity index (χ3v) is 5.97. The Morgan fingerprint density at radius 3 is 2.33 bits per heavy atom. The molecule has 0 bridgehead atoms. The summed E-state index contributed by atoms with van der Waals surface area (Å²) in [6.07, 6.45) is 1.33. The van der Waals surface area contributed by atoms with Crippen molar-refractivity contribution in [3.05, 3.63) is 92.9 Å². The van der Waals surface area contributed by atoms with Crippen LogP contribution >= 0.6 is 27.5 Å². The number of imide groups is 2. The van der Waals surface area contributed by atoms with Gasteiger partial charge in [0.15, 0.2) is 0 Å². The molecule has 3 aromatic rings. The number of amides is 4. The zero-order valence-electron chi connectivity index (χ0n) is 19.5. The Balaban J connectivity index is 1.52. The van der Waals surface area contributed by atoms with Crippen molar-refractivity contribution in [2.75, 3.05) is 4.90 Å². The summed E-state index contributed by atoms with van der Waals surface area (Å²) in [6, 6.07) is 18.3. The first-order valence-electron chi connectivity index (χ1n) is 11.1. The van der Waals surface area contributed by atoms with Crippen LogP contribution in [0.1, 0.15) is 25.0 Å². The molecule has 0 unspecified atom stereocenters. The summed E-state index contributed by atoms with van der Waals surface area (Å²) in [6.45, 7) is 4.12. The average Bonchev–Trinajstić information content (AvgIpc) is 2.83. The Morgan fingerprint density at radius 1 is 1.00 bits per heavy atom. The van der Waals surface area contributed by atoms with Crippen LogP contribution in [0.25, 0.3) is 6.08 Å². The number of benzene rings is 3. The molecule has 0 saturated carbocycles. The van der Waals surface area contributed by atoms with Gasteiger partial charge in [-0.05, 0) is 79.6 Å². The van der Waals surface area contributed by atoms with E-state index in [0.29, 0.717) is 34.4 Å². The van der Waals surface area contributed by atoms with Crippen molar-refractivity contribution in [3.63, 3.8) is 0 Å². The highest BCUT2D eigenvalue weighted by Crippen LogP contribution is 2.29. The number of urea groups is 1. The van der Waals surface area contributed by atoms with Gasteiger partial charge in [-0.2, -0.15) is 0 Å². The van der Waals surface area contributed by atoms with Crippen molar-refractivity contribution in [2.24, 2.45) is 0 Å². The van der Waals surface area contributed by atoms with Gasteiger partial charge in [0.2, 0.25) is 0 Å². The molecule has 0 spiro atoms. The average molecular weight is 570 g/mol. The molecule has 0 aromatic heterocycles. The van der Waals surface area contributed by atoms with E-state index in [4.69, 9.17) is 21.1 Å². The van der Waals surface area contributed by atoms with E-state index < -0.39 is 17.8 Å². The lowest BCUT2D eigenvalue weighted by Gasteiger charge is -2.26. The number of ether oxygens (including phenoxy) is 2. The SMILES string of the molecule is CC(C)Oc1ccc(/C=C2\C(=O)NC(=O)N(c3ccc(OCc4ccc(Br)cc4)cc3)C2=O)cc1Cl. The van der Waals surface area contributed by atoms with E-state index in [1.165, 1.54) is 6.08 Å². The fourth-order valence-corrected chi connectivity index (χ4v) is 3.95.